The zero-order valence-corrected chi connectivity index (χ0v) is 11.9. The number of hydrogen-bond donors (Lipinski definition) is 3. The molecule has 2 amide bonds. The molecule has 0 aliphatic heterocycles. The second-order valence-corrected chi connectivity index (χ2v) is 5.07. The summed E-state index contributed by atoms with van der Waals surface area (Å²) in [6.07, 6.45) is 1.64. The summed E-state index contributed by atoms with van der Waals surface area (Å²) in [4.78, 5) is 25.8. The minimum absolute atomic E-state index is 0.159. The largest absolute Gasteiger partial charge is 0.366 e. The second-order valence-electron chi connectivity index (χ2n) is 3.74. The molecular formula is C12H9BrClN3O2. The van der Waals surface area contributed by atoms with Gasteiger partial charge in [0, 0.05) is 16.4 Å². The van der Waals surface area contributed by atoms with Gasteiger partial charge in [-0.1, -0.05) is 11.6 Å². The first-order chi connectivity index (χ1) is 8.97. The van der Waals surface area contributed by atoms with Crippen molar-refractivity contribution in [3.8, 4) is 0 Å². The molecule has 0 spiro atoms. The molecule has 0 unspecified atom stereocenters. The third-order valence-electron chi connectivity index (χ3n) is 2.38. The fraction of sp³-hybridized carbons (Fsp3) is 0. The highest BCUT2D eigenvalue weighted by atomic mass is 79.9. The topological polar surface area (TPSA) is 88.0 Å². The van der Waals surface area contributed by atoms with E-state index in [-0.39, 0.29) is 16.5 Å². The highest BCUT2D eigenvalue weighted by Crippen LogP contribution is 2.21. The molecule has 1 aromatic carbocycles. The molecule has 4 N–H and O–H groups in total. The lowest BCUT2D eigenvalue weighted by Crippen LogP contribution is -2.15. The third-order valence-corrected chi connectivity index (χ3v) is 3.17. The van der Waals surface area contributed by atoms with E-state index in [0.29, 0.717) is 11.4 Å². The van der Waals surface area contributed by atoms with Crippen LogP contribution in [0.4, 0.5) is 5.69 Å². The molecule has 0 saturated carbocycles. The molecule has 0 saturated heterocycles. The fourth-order valence-electron chi connectivity index (χ4n) is 1.49. The summed E-state index contributed by atoms with van der Waals surface area (Å²) in [5.74, 6) is -0.979. The van der Waals surface area contributed by atoms with Crippen molar-refractivity contribution in [3.05, 3.63) is 51.2 Å². The molecule has 0 atom stereocenters. The van der Waals surface area contributed by atoms with Crippen LogP contribution in [-0.4, -0.2) is 16.8 Å². The predicted octanol–water partition coefficient (Wildman–Crippen LogP) is 2.78. The van der Waals surface area contributed by atoms with Crippen molar-refractivity contribution in [1.82, 2.24) is 4.98 Å². The van der Waals surface area contributed by atoms with Crippen LogP contribution in [0.25, 0.3) is 0 Å². The molecule has 2 aromatic rings. The number of nitrogens with one attached hydrogen (secondary N) is 2. The van der Waals surface area contributed by atoms with Gasteiger partial charge in [0.15, 0.2) is 0 Å². The second kappa shape index (κ2) is 5.46. The number of aromatic nitrogens is 1. The number of halogens is 2. The predicted molar refractivity (Wildman–Crippen MR) is 76.4 cm³/mol. The number of nitrogens with two attached hydrogens (primary N) is 1. The van der Waals surface area contributed by atoms with Gasteiger partial charge in [-0.3, -0.25) is 9.59 Å². The maximum absolute atomic E-state index is 11.9. The molecule has 2 rings (SSSR count). The Morgan fingerprint density at radius 2 is 2.05 bits per heavy atom. The first kappa shape index (κ1) is 13.6. The van der Waals surface area contributed by atoms with Crippen LogP contribution in [-0.2, 0) is 0 Å². The molecule has 7 heteroatoms. The number of primary amides is 1. The Kier molecular flexibility index (Phi) is 3.92. The number of rotatable bonds is 3. The summed E-state index contributed by atoms with van der Waals surface area (Å²) >= 11 is 9.06. The molecule has 1 heterocycles. The normalized spacial score (nSPS) is 10.2. The van der Waals surface area contributed by atoms with Gasteiger partial charge in [0.2, 0.25) is 5.91 Å². The number of carbonyl (C=O) groups excluding carboxylic acids is 2. The zero-order chi connectivity index (χ0) is 14.0. The van der Waals surface area contributed by atoms with Gasteiger partial charge in [0.05, 0.1) is 10.6 Å². The van der Waals surface area contributed by atoms with Gasteiger partial charge in [-0.25, -0.2) is 0 Å². The van der Waals surface area contributed by atoms with Crippen LogP contribution in [0.3, 0.4) is 0 Å². The summed E-state index contributed by atoms with van der Waals surface area (Å²) in [6.45, 7) is 0. The first-order valence-electron chi connectivity index (χ1n) is 5.22. The van der Waals surface area contributed by atoms with E-state index in [9.17, 15) is 9.59 Å². The van der Waals surface area contributed by atoms with Crippen LogP contribution >= 0.6 is 27.5 Å². The quantitative estimate of drug-likeness (QED) is 0.801. The van der Waals surface area contributed by atoms with Gasteiger partial charge >= 0.3 is 0 Å². The van der Waals surface area contributed by atoms with Crippen LogP contribution in [0.5, 0.6) is 0 Å². The lowest BCUT2D eigenvalue weighted by atomic mass is 10.2. The summed E-state index contributed by atoms with van der Waals surface area (Å²) in [7, 11) is 0. The monoisotopic (exact) mass is 341 g/mol. The Morgan fingerprint density at radius 1 is 1.32 bits per heavy atom. The van der Waals surface area contributed by atoms with Crippen molar-refractivity contribution >= 4 is 45.0 Å². The molecule has 0 bridgehead atoms. The van der Waals surface area contributed by atoms with E-state index in [1.165, 1.54) is 12.1 Å². The van der Waals surface area contributed by atoms with E-state index in [1.807, 2.05) is 0 Å². The van der Waals surface area contributed by atoms with Crippen LogP contribution in [0.2, 0.25) is 5.02 Å². The van der Waals surface area contributed by atoms with E-state index in [0.717, 1.165) is 4.47 Å². The average molecular weight is 343 g/mol. The first-order valence-corrected chi connectivity index (χ1v) is 6.39. The summed E-state index contributed by atoms with van der Waals surface area (Å²) in [5.41, 5.74) is 6.17. The zero-order valence-electron chi connectivity index (χ0n) is 9.54. The molecule has 0 aliphatic rings. The molecule has 0 fully saturated rings. The SMILES string of the molecule is NC(=O)c1cc(NC(=O)c2cc(Br)c[nH]2)ccc1Cl. The smallest absolute Gasteiger partial charge is 0.272 e. The number of hydrogen-bond acceptors (Lipinski definition) is 2. The molecule has 5 nitrogen and oxygen atoms in total. The van der Waals surface area contributed by atoms with Gasteiger partial charge in [-0.15, -0.1) is 0 Å². The number of H-pyrrole nitrogens is 1. The average Bonchev–Trinajstić information content (AvgIpc) is 2.78. The van der Waals surface area contributed by atoms with Crippen molar-refractivity contribution in [3.63, 3.8) is 0 Å². The van der Waals surface area contributed by atoms with Crippen LogP contribution in [0.15, 0.2) is 34.9 Å². The molecule has 0 radical (unpaired) electrons. The summed E-state index contributed by atoms with van der Waals surface area (Å²) < 4.78 is 0.770. The van der Waals surface area contributed by atoms with Crippen LogP contribution in [0.1, 0.15) is 20.8 Å². The Hall–Kier alpha value is -1.79. The van der Waals surface area contributed by atoms with Crippen molar-refractivity contribution in [1.29, 1.82) is 0 Å². The van der Waals surface area contributed by atoms with Crippen molar-refractivity contribution in [2.75, 3.05) is 5.32 Å². The highest BCUT2D eigenvalue weighted by Gasteiger charge is 2.11. The minimum atomic E-state index is -0.649. The van der Waals surface area contributed by atoms with Gasteiger partial charge in [0.1, 0.15) is 5.69 Å². The number of amides is 2. The van der Waals surface area contributed by atoms with Crippen LogP contribution < -0.4 is 11.1 Å². The van der Waals surface area contributed by atoms with E-state index in [2.05, 4.69) is 26.2 Å². The lowest BCUT2D eigenvalue weighted by Gasteiger charge is -2.06. The number of benzene rings is 1. The van der Waals surface area contributed by atoms with Crippen molar-refractivity contribution < 1.29 is 9.59 Å². The van der Waals surface area contributed by atoms with Crippen molar-refractivity contribution in [2.24, 2.45) is 5.73 Å². The number of anilines is 1. The van der Waals surface area contributed by atoms with E-state index >= 15 is 0 Å². The Bertz CT molecular complexity index is 654. The third kappa shape index (κ3) is 3.15. The van der Waals surface area contributed by atoms with Gasteiger partial charge in [0.25, 0.3) is 5.91 Å². The highest BCUT2D eigenvalue weighted by molar-refractivity contribution is 9.10. The number of aromatic amines is 1. The molecule has 98 valence electrons. The standard InChI is InChI=1S/C12H9BrClN3O2/c13-6-3-10(16-5-6)12(19)17-7-1-2-9(14)8(4-7)11(15)18/h1-5,16H,(H2,15,18)(H,17,19). The van der Waals surface area contributed by atoms with E-state index < -0.39 is 5.91 Å². The van der Waals surface area contributed by atoms with Crippen LogP contribution in [0, 0.1) is 0 Å². The number of carbonyl (C=O) groups is 2. The van der Waals surface area contributed by atoms with Gasteiger partial charge in [-0.05, 0) is 40.2 Å². The lowest BCUT2D eigenvalue weighted by molar-refractivity contribution is 0.0995. The summed E-state index contributed by atoms with van der Waals surface area (Å²) in [6, 6.07) is 6.16. The molecular weight excluding hydrogens is 334 g/mol. The van der Waals surface area contributed by atoms with E-state index in [4.69, 9.17) is 17.3 Å². The van der Waals surface area contributed by atoms with Crippen molar-refractivity contribution in [2.45, 2.75) is 0 Å². The minimum Gasteiger partial charge on any atom is -0.366 e. The van der Waals surface area contributed by atoms with Gasteiger partial charge < -0.3 is 16.0 Å². The van der Waals surface area contributed by atoms with Gasteiger partial charge in [-0.2, -0.15) is 0 Å². The Labute approximate surface area is 122 Å². The molecule has 1 aromatic heterocycles. The maximum atomic E-state index is 11.9. The Balaban J connectivity index is 2.22. The molecule has 19 heavy (non-hydrogen) atoms. The Morgan fingerprint density at radius 3 is 2.63 bits per heavy atom. The fourth-order valence-corrected chi connectivity index (χ4v) is 2.04. The van der Waals surface area contributed by atoms with E-state index in [1.54, 1.807) is 18.3 Å². The molecule has 0 aliphatic carbocycles. The summed E-state index contributed by atoms with van der Waals surface area (Å²) in [5, 5.41) is 2.88. The maximum Gasteiger partial charge on any atom is 0.272 e.